The molecule has 0 aliphatic rings. The van der Waals surface area contributed by atoms with E-state index in [9.17, 15) is 0 Å². The molecule has 0 fully saturated rings. The van der Waals surface area contributed by atoms with Crippen LogP contribution in [0.25, 0.3) is 0 Å². The quantitative estimate of drug-likeness (QED) is 0.448. The van der Waals surface area contributed by atoms with Gasteiger partial charge in [-0.1, -0.05) is 0 Å². The number of hydrogen-bond acceptors (Lipinski definition) is 2. The van der Waals surface area contributed by atoms with Gasteiger partial charge in [-0.25, -0.2) is 0 Å². The molecule has 0 aliphatic heterocycles. The van der Waals surface area contributed by atoms with Crippen LogP contribution in [0.15, 0.2) is 0 Å². The van der Waals surface area contributed by atoms with Crippen molar-refractivity contribution >= 4 is 12.4 Å². The normalized spacial score (nSPS) is 1.40. The van der Waals surface area contributed by atoms with Crippen LogP contribution in [0.2, 0.25) is 0 Å². The van der Waals surface area contributed by atoms with Gasteiger partial charge in [0, 0.05) is 0 Å². The molecular formula is CH3ClCsNO. The number of rotatable bonds is 0. The molecule has 0 aliphatic carbocycles. The van der Waals surface area contributed by atoms with Crippen LogP contribution < -0.4 is 68.9 Å². The average molecular weight is 213 g/mol. The smallest absolute Gasteiger partial charge is 1.00 e. The fraction of sp³-hybridized carbons (Fsp3) is 0. The predicted molar refractivity (Wildman–Crippen MR) is 15.9 cm³/mol. The largest absolute Gasteiger partial charge is 1.00 e. The van der Waals surface area contributed by atoms with Crippen molar-refractivity contribution in [1.29, 1.82) is 5.26 Å². The molecule has 26 valence electrons. The Morgan fingerprint density at radius 3 is 1.80 bits per heavy atom. The predicted octanol–water partition coefficient (Wildman–Crippen LogP) is -2.62. The minimum Gasteiger partial charge on any atom is -1.00 e. The van der Waals surface area contributed by atoms with E-state index >= 15 is 0 Å². The van der Waals surface area contributed by atoms with Crippen molar-refractivity contribution in [1.82, 2.24) is 0 Å². The maximum absolute atomic E-state index is 6.88. The van der Waals surface area contributed by atoms with Crippen molar-refractivity contribution in [3.63, 3.8) is 0 Å². The van der Waals surface area contributed by atoms with Crippen molar-refractivity contribution in [2.45, 2.75) is 0 Å². The van der Waals surface area contributed by atoms with Crippen LogP contribution in [0.4, 0.5) is 0 Å². The number of nitrogens with zero attached hydrogens (tertiary/aromatic N) is 1. The number of aliphatic hydroxyl groups is 1. The van der Waals surface area contributed by atoms with Crippen molar-refractivity contribution in [3.05, 3.63) is 0 Å². The van der Waals surface area contributed by atoms with Gasteiger partial charge in [0.15, 0.2) is 0 Å². The van der Waals surface area contributed by atoms with E-state index in [1.165, 1.54) is 0 Å². The van der Waals surface area contributed by atoms with Gasteiger partial charge in [0.2, 0.25) is 0 Å². The van der Waals surface area contributed by atoms with E-state index in [-0.39, 0.29) is 82.7 Å². The summed E-state index contributed by atoms with van der Waals surface area (Å²) in [5.74, 6) is 0. The molecular weight excluding hydrogens is 210 g/mol. The van der Waals surface area contributed by atoms with Gasteiger partial charge in [0.05, 0.1) is 0 Å². The Hall–Kier alpha value is 1.63. The zero-order valence-corrected chi connectivity index (χ0v) is 9.90. The van der Waals surface area contributed by atoms with E-state index in [4.69, 9.17) is 10.4 Å². The summed E-state index contributed by atoms with van der Waals surface area (Å²) in [5.41, 5.74) is 0. The van der Waals surface area contributed by atoms with Gasteiger partial charge < -0.3 is 6.53 Å². The molecule has 0 radical (unpaired) electrons. The number of nitriles is 1. The van der Waals surface area contributed by atoms with Crippen LogP contribution in [0.1, 0.15) is 1.43 Å². The molecule has 1 N–H and O–H groups in total. The SMILES string of the molecule is Cl.N#CO.[Cs+].[H-]. The molecule has 0 heterocycles. The zero-order chi connectivity index (χ0) is 2.71. The first kappa shape index (κ1) is 15.9. The summed E-state index contributed by atoms with van der Waals surface area (Å²) in [6.07, 6.45) is 0.750. The topological polar surface area (TPSA) is 44.0 Å². The third kappa shape index (κ3) is 27.9. The van der Waals surface area contributed by atoms with Gasteiger partial charge in [-0.15, -0.1) is 12.4 Å². The summed E-state index contributed by atoms with van der Waals surface area (Å²) in [7, 11) is 0. The van der Waals surface area contributed by atoms with Crippen LogP contribution in [0.3, 0.4) is 0 Å². The molecule has 0 aromatic rings. The Morgan fingerprint density at radius 2 is 1.80 bits per heavy atom. The van der Waals surface area contributed by atoms with E-state index in [2.05, 4.69) is 0 Å². The molecule has 0 saturated carbocycles. The van der Waals surface area contributed by atoms with Gasteiger partial charge in [-0.2, -0.15) is 5.26 Å². The zero-order valence-electron chi connectivity index (χ0n) is 3.80. The third-order valence-corrected chi connectivity index (χ3v) is 0. The Kier molecular flexibility index (Phi) is 55.6. The number of hydrogen-bond donors (Lipinski definition) is 1. The third-order valence-electron chi connectivity index (χ3n) is 0. The van der Waals surface area contributed by atoms with Gasteiger partial charge >= 0.3 is 68.9 Å². The summed E-state index contributed by atoms with van der Waals surface area (Å²) in [5, 5.41) is 13.8. The summed E-state index contributed by atoms with van der Waals surface area (Å²) in [6.45, 7) is 0. The summed E-state index contributed by atoms with van der Waals surface area (Å²) in [4.78, 5) is 0. The summed E-state index contributed by atoms with van der Waals surface area (Å²) < 4.78 is 0. The van der Waals surface area contributed by atoms with Crippen LogP contribution >= 0.6 is 12.4 Å². The van der Waals surface area contributed by atoms with Crippen LogP contribution in [0, 0.1) is 11.5 Å². The molecule has 0 amide bonds. The molecule has 0 bridgehead atoms. The second-order valence-corrected chi connectivity index (χ2v) is 0.100. The Balaban J connectivity index is -0.00000000667. The molecule has 0 aromatic heterocycles. The fourth-order valence-electron chi connectivity index (χ4n) is 0. The first-order chi connectivity index (χ1) is 1.41. The minimum absolute atomic E-state index is 0. The van der Waals surface area contributed by atoms with E-state index < -0.39 is 0 Å². The van der Waals surface area contributed by atoms with Crippen LogP contribution in [-0.2, 0) is 0 Å². The maximum atomic E-state index is 6.88. The molecule has 2 nitrogen and oxygen atoms in total. The van der Waals surface area contributed by atoms with Crippen LogP contribution in [0.5, 0.6) is 0 Å². The molecule has 0 saturated heterocycles. The Morgan fingerprint density at radius 1 is 1.80 bits per heavy atom. The van der Waals surface area contributed by atoms with Gasteiger partial charge in [-0.3, -0.25) is 0 Å². The summed E-state index contributed by atoms with van der Waals surface area (Å²) >= 11 is 0. The second-order valence-electron chi connectivity index (χ2n) is 0.100. The first-order valence-corrected chi connectivity index (χ1v) is 0.447. The van der Waals surface area contributed by atoms with E-state index in [0.29, 0.717) is 0 Å². The first-order valence-electron chi connectivity index (χ1n) is 0.447. The molecule has 4 heteroatoms. The second kappa shape index (κ2) is 17.4. The summed E-state index contributed by atoms with van der Waals surface area (Å²) in [6, 6.07) is 0. The fourth-order valence-corrected chi connectivity index (χ4v) is 0. The van der Waals surface area contributed by atoms with Crippen molar-refractivity contribution in [2.75, 3.05) is 0 Å². The maximum Gasteiger partial charge on any atom is 1.00 e. The number of aliphatic hydroxyl groups excluding tert-OH is 1. The van der Waals surface area contributed by atoms with Gasteiger partial charge in [-0.05, 0) is 0 Å². The molecule has 5 heavy (non-hydrogen) atoms. The van der Waals surface area contributed by atoms with Crippen molar-refractivity contribution in [2.24, 2.45) is 0 Å². The minimum atomic E-state index is 0. The molecule has 0 atom stereocenters. The van der Waals surface area contributed by atoms with E-state index in [1.54, 1.807) is 0 Å². The Bertz CT molecular complexity index is 37.0. The van der Waals surface area contributed by atoms with E-state index in [0.717, 1.165) is 6.26 Å². The molecule has 0 spiro atoms. The average Bonchev–Trinajstić information content (AvgIpc) is 0.918. The van der Waals surface area contributed by atoms with Crippen LogP contribution in [-0.4, -0.2) is 5.11 Å². The molecule has 0 unspecified atom stereocenters. The monoisotopic (exact) mass is 213 g/mol. The van der Waals surface area contributed by atoms with Gasteiger partial charge in [0.25, 0.3) is 6.26 Å². The standard InChI is InChI=1S/CHNO.ClH.Cs.H/c2-1-3;;;/h3H;1H;;/q;;+1;-1. The van der Waals surface area contributed by atoms with Crippen molar-refractivity contribution in [3.8, 4) is 6.26 Å². The van der Waals surface area contributed by atoms with Gasteiger partial charge in [0.1, 0.15) is 0 Å². The molecule has 0 rings (SSSR count). The number of halogens is 1. The molecule has 0 aromatic carbocycles. The Labute approximate surface area is 96.9 Å². The van der Waals surface area contributed by atoms with E-state index in [1.807, 2.05) is 0 Å². The van der Waals surface area contributed by atoms with Crippen molar-refractivity contribution < 1.29 is 75.4 Å².